The summed E-state index contributed by atoms with van der Waals surface area (Å²) >= 11 is 0. The Morgan fingerprint density at radius 2 is 2.04 bits per heavy atom. The van der Waals surface area contributed by atoms with Crippen LogP contribution >= 0.6 is 0 Å². The Labute approximate surface area is 134 Å². The number of hydrogen-bond acceptors (Lipinski definition) is 6. The van der Waals surface area contributed by atoms with E-state index in [1.165, 1.54) is 0 Å². The van der Waals surface area contributed by atoms with E-state index >= 15 is 0 Å². The lowest BCUT2D eigenvalue weighted by atomic mass is 9.95. The van der Waals surface area contributed by atoms with Crippen molar-refractivity contribution < 1.29 is 18.7 Å². The van der Waals surface area contributed by atoms with Crippen LogP contribution in [0.5, 0.6) is 11.5 Å². The van der Waals surface area contributed by atoms with E-state index in [0.29, 0.717) is 31.3 Å². The summed E-state index contributed by atoms with van der Waals surface area (Å²) in [6.07, 6.45) is 3.66. The summed E-state index contributed by atoms with van der Waals surface area (Å²) in [6.45, 7) is 3.92. The molecule has 0 spiro atoms. The van der Waals surface area contributed by atoms with Gasteiger partial charge in [0.05, 0.1) is 6.42 Å². The van der Waals surface area contributed by atoms with Crippen LogP contribution in [0.15, 0.2) is 22.7 Å². The third-order valence-corrected chi connectivity index (χ3v) is 4.40. The molecule has 0 aliphatic carbocycles. The predicted molar refractivity (Wildman–Crippen MR) is 81.7 cm³/mol. The summed E-state index contributed by atoms with van der Waals surface area (Å²) in [5, 5.41) is 4.14. The molecule has 0 radical (unpaired) electrons. The third-order valence-electron chi connectivity index (χ3n) is 4.40. The molecule has 0 amide bonds. The van der Waals surface area contributed by atoms with Crippen molar-refractivity contribution in [2.75, 3.05) is 19.8 Å². The molecule has 2 aliphatic rings. The molecule has 4 rings (SSSR count). The van der Waals surface area contributed by atoms with Crippen molar-refractivity contribution in [1.29, 1.82) is 0 Å². The minimum absolute atomic E-state index is 0.435. The molecule has 1 aromatic carbocycles. The maximum Gasteiger partial charge on any atom is 0.231 e. The molecule has 1 saturated heterocycles. The minimum atomic E-state index is -0.435. The first-order valence-corrected chi connectivity index (χ1v) is 8.09. The van der Waals surface area contributed by atoms with E-state index in [-0.39, 0.29) is 0 Å². The molecular formula is C17H20N2O4. The average molecular weight is 316 g/mol. The van der Waals surface area contributed by atoms with Gasteiger partial charge in [0, 0.05) is 12.2 Å². The highest BCUT2D eigenvalue weighted by atomic mass is 16.6. The van der Waals surface area contributed by atoms with Crippen LogP contribution < -0.4 is 9.47 Å². The standard InChI is InChI=1S/C17H20N2O4/c1-17(7-2-3-8-22-17)16-18-14(23-19-16)11-12-5-4-6-13-15(12)21-10-9-20-13/h4-6H,2-3,7-11H2,1H3. The van der Waals surface area contributed by atoms with Gasteiger partial charge in [-0.25, -0.2) is 0 Å². The molecule has 1 aromatic heterocycles. The first-order chi connectivity index (χ1) is 11.2. The largest absolute Gasteiger partial charge is 0.486 e. The first-order valence-electron chi connectivity index (χ1n) is 8.09. The number of para-hydroxylation sites is 1. The predicted octanol–water partition coefficient (Wildman–Crippen LogP) is 2.85. The Morgan fingerprint density at radius 1 is 1.13 bits per heavy atom. The van der Waals surface area contributed by atoms with Crippen LogP contribution in [-0.4, -0.2) is 30.0 Å². The van der Waals surface area contributed by atoms with Crippen LogP contribution in [0.3, 0.4) is 0 Å². The van der Waals surface area contributed by atoms with Crippen LogP contribution in [0.25, 0.3) is 0 Å². The van der Waals surface area contributed by atoms with Gasteiger partial charge in [0.15, 0.2) is 11.5 Å². The zero-order valence-electron chi connectivity index (χ0n) is 13.2. The molecule has 3 heterocycles. The second-order valence-corrected chi connectivity index (χ2v) is 6.17. The van der Waals surface area contributed by atoms with Crippen LogP contribution in [-0.2, 0) is 16.8 Å². The molecule has 2 aliphatic heterocycles. The second kappa shape index (κ2) is 5.85. The van der Waals surface area contributed by atoms with Crippen LogP contribution in [0.4, 0.5) is 0 Å². The van der Waals surface area contributed by atoms with Gasteiger partial charge in [0.25, 0.3) is 0 Å². The molecule has 122 valence electrons. The van der Waals surface area contributed by atoms with Crippen LogP contribution in [0, 0.1) is 0 Å². The summed E-state index contributed by atoms with van der Waals surface area (Å²) in [5.74, 6) is 2.75. The van der Waals surface area contributed by atoms with Gasteiger partial charge >= 0.3 is 0 Å². The number of hydrogen-bond donors (Lipinski definition) is 0. The zero-order valence-corrected chi connectivity index (χ0v) is 13.2. The van der Waals surface area contributed by atoms with E-state index in [1.807, 2.05) is 25.1 Å². The zero-order chi connectivity index (χ0) is 15.7. The Hall–Kier alpha value is -2.08. The van der Waals surface area contributed by atoms with Gasteiger partial charge in [-0.15, -0.1) is 0 Å². The van der Waals surface area contributed by atoms with E-state index in [2.05, 4.69) is 10.1 Å². The molecule has 1 fully saturated rings. The second-order valence-electron chi connectivity index (χ2n) is 6.17. The van der Waals surface area contributed by atoms with Crippen molar-refractivity contribution in [1.82, 2.24) is 10.1 Å². The van der Waals surface area contributed by atoms with Crippen molar-refractivity contribution in [3.05, 3.63) is 35.5 Å². The van der Waals surface area contributed by atoms with Crippen LogP contribution in [0.1, 0.15) is 43.5 Å². The lowest BCUT2D eigenvalue weighted by Gasteiger charge is -2.30. The Bertz CT molecular complexity index is 692. The summed E-state index contributed by atoms with van der Waals surface area (Å²) in [6, 6.07) is 5.86. The molecule has 6 nitrogen and oxygen atoms in total. The van der Waals surface area contributed by atoms with E-state index in [0.717, 1.165) is 42.9 Å². The van der Waals surface area contributed by atoms with Gasteiger partial charge in [0.1, 0.15) is 18.8 Å². The van der Waals surface area contributed by atoms with Crippen molar-refractivity contribution in [3.63, 3.8) is 0 Å². The number of nitrogens with zero attached hydrogens (tertiary/aromatic N) is 2. The van der Waals surface area contributed by atoms with Crippen molar-refractivity contribution in [3.8, 4) is 11.5 Å². The fourth-order valence-electron chi connectivity index (χ4n) is 3.09. The molecule has 0 bridgehead atoms. The van der Waals surface area contributed by atoms with Crippen molar-refractivity contribution >= 4 is 0 Å². The number of ether oxygens (including phenoxy) is 3. The average Bonchev–Trinajstić information content (AvgIpc) is 3.05. The van der Waals surface area contributed by atoms with Crippen molar-refractivity contribution in [2.24, 2.45) is 0 Å². The maximum absolute atomic E-state index is 5.88. The molecule has 6 heteroatoms. The van der Waals surface area contributed by atoms with Crippen molar-refractivity contribution in [2.45, 2.75) is 38.2 Å². The smallest absolute Gasteiger partial charge is 0.231 e. The van der Waals surface area contributed by atoms with E-state index in [1.54, 1.807) is 0 Å². The molecule has 1 unspecified atom stereocenters. The Morgan fingerprint density at radius 3 is 2.91 bits per heavy atom. The summed E-state index contributed by atoms with van der Waals surface area (Å²) in [7, 11) is 0. The lowest BCUT2D eigenvalue weighted by Crippen LogP contribution is -2.31. The highest BCUT2D eigenvalue weighted by molar-refractivity contribution is 5.48. The van der Waals surface area contributed by atoms with E-state index in [4.69, 9.17) is 18.7 Å². The van der Waals surface area contributed by atoms with Gasteiger partial charge in [-0.3, -0.25) is 0 Å². The number of benzene rings is 1. The highest BCUT2D eigenvalue weighted by Crippen LogP contribution is 2.36. The van der Waals surface area contributed by atoms with Gasteiger partial charge < -0.3 is 18.7 Å². The van der Waals surface area contributed by atoms with Gasteiger partial charge in [0.2, 0.25) is 11.7 Å². The molecular weight excluding hydrogens is 296 g/mol. The Kier molecular flexibility index (Phi) is 3.69. The molecule has 23 heavy (non-hydrogen) atoms. The Balaban J connectivity index is 1.56. The molecule has 1 atom stereocenters. The number of fused-ring (bicyclic) bond motifs is 1. The van der Waals surface area contributed by atoms with E-state index < -0.39 is 5.60 Å². The maximum atomic E-state index is 5.88. The summed E-state index contributed by atoms with van der Waals surface area (Å²) < 4.78 is 22.7. The van der Waals surface area contributed by atoms with Gasteiger partial charge in [-0.1, -0.05) is 17.3 Å². The first kappa shape index (κ1) is 14.5. The van der Waals surface area contributed by atoms with Crippen LogP contribution in [0.2, 0.25) is 0 Å². The molecule has 2 aromatic rings. The normalized spacial score (nSPS) is 23.7. The lowest BCUT2D eigenvalue weighted by molar-refractivity contribution is -0.0770. The minimum Gasteiger partial charge on any atom is -0.486 e. The third kappa shape index (κ3) is 2.79. The fourth-order valence-corrected chi connectivity index (χ4v) is 3.09. The quantitative estimate of drug-likeness (QED) is 0.867. The molecule has 0 saturated carbocycles. The van der Waals surface area contributed by atoms with Gasteiger partial charge in [-0.2, -0.15) is 4.98 Å². The monoisotopic (exact) mass is 316 g/mol. The van der Waals surface area contributed by atoms with E-state index in [9.17, 15) is 0 Å². The van der Waals surface area contributed by atoms with Gasteiger partial charge in [-0.05, 0) is 32.3 Å². The highest BCUT2D eigenvalue weighted by Gasteiger charge is 2.35. The SMILES string of the molecule is CC1(c2noc(Cc3cccc4c3OCCO4)n2)CCCCO1. The molecule has 0 N–H and O–H groups in total. The summed E-state index contributed by atoms with van der Waals surface area (Å²) in [4.78, 5) is 4.55. The number of aromatic nitrogens is 2. The topological polar surface area (TPSA) is 66.6 Å². The fraction of sp³-hybridized carbons (Fsp3) is 0.529. The number of rotatable bonds is 3. The summed E-state index contributed by atoms with van der Waals surface area (Å²) in [5.41, 5.74) is 0.558.